The van der Waals surface area contributed by atoms with Crippen LogP contribution in [0.1, 0.15) is 30.6 Å². The van der Waals surface area contributed by atoms with Crippen LogP contribution in [-0.4, -0.2) is 38.3 Å². The minimum atomic E-state index is -3.55. The maximum atomic E-state index is 12.8. The minimum Gasteiger partial charge on any atom is -0.469 e. The number of sulfonamides is 1. The second-order valence-electron chi connectivity index (χ2n) is 7.18. The number of nitrogens with one attached hydrogen (secondary N) is 1. The Labute approximate surface area is 181 Å². The largest absolute Gasteiger partial charge is 0.469 e. The average Bonchev–Trinajstić information content (AvgIpc) is 3.21. The van der Waals surface area contributed by atoms with Gasteiger partial charge in [0, 0.05) is 26.1 Å². The SMILES string of the molecule is O=C(NCCCc1ccco1)C1CCCN(S(=O)(=O)Cc2ccc(Cl)c(Cl)c2)C1. The van der Waals surface area contributed by atoms with Gasteiger partial charge in [0.2, 0.25) is 15.9 Å². The second kappa shape index (κ2) is 9.98. The Morgan fingerprint density at radius 3 is 2.79 bits per heavy atom. The molecule has 0 aliphatic carbocycles. The van der Waals surface area contributed by atoms with Gasteiger partial charge in [0.15, 0.2) is 0 Å². The number of carbonyl (C=O) groups excluding carboxylic acids is 1. The Morgan fingerprint density at radius 2 is 2.07 bits per heavy atom. The Balaban J connectivity index is 1.51. The molecule has 2 heterocycles. The lowest BCUT2D eigenvalue weighted by atomic mass is 9.99. The van der Waals surface area contributed by atoms with E-state index < -0.39 is 10.0 Å². The molecule has 1 aromatic heterocycles. The molecule has 1 fully saturated rings. The highest BCUT2D eigenvalue weighted by Crippen LogP contribution is 2.26. The zero-order valence-corrected chi connectivity index (χ0v) is 18.3. The van der Waals surface area contributed by atoms with Crippen LogP contribution in [0.25, 0.3) is 0 Å². The summed E-state index contributed by atoms with van der Waals surface area (Å²) in [4.78, 5) is 12.5. The van der Waals surface area contributed by atoms with E-state index in [4.69, 9.17) is 27.6 Å². The van der Waals surface area contributed by atoms with Crippen LogP contribution < -0.4 is 5.32 Å². The minimum absolute atomic E-state index is 0.0983. The normalized spacial score (nSPS) is 17.9. The summed E-state index contributed by atoms with van der Waals surface area (Å²) in [6.45, 7) is 1.16. The lowest BCUT2D eigenvalue weighted by Gasteiger charge is -2.31. The molecule has 9 heteroatoms. The maximum Gasteiger partial charge on any atom is 0.224 e. The average molecular weight is 459 g/mol. The Hall–Kier alpha value is -1.54. The predicted octanol–water partition coefficient (Wildman–Crippen LogP) is 3.88. The van der Waals surface area contributed by atoms with Crippen molar-refractivity contribution in [3.63, 3.8) is 0 Å². The summed E-state index contributed by atoms with van der Waals surface area (Å²) in [6.07, 6.45) is 4.49. The van der Waals surface area contributed by atoms with Crippen LogP contribution in [0.15, 0.2) is 41.0 Å². The molecule has 0 bridgehead atoms. The highest BCUT2D eigenvalue weighted by molar-refractivity contribution is 7.88. The number of benzene rings is 1. The highest BCUT2D eigenvalue weighted by Gasteiger charge is 2.32. The van der Waals surface area contributed by atoms with Crippen molar-refractivity contribution >= 4 is 39.1 Å². The van der Waals surface area contributed by atoms with Crippen molar-refractivity contribution in [3.05, 3.63) is 58.0 Å². The zero-order valence-electron chi connectivity index (χ0n) is 15.9. The topological polar surface area (TPSA) is 79.6 Å². The quantitative estimate of drug-likeness (QED) is 0.608. The Morgan fingerprint density at radius 1 is 1.24 bits per heavy atom. The summed E-state index contributed by atoms with van der Waals surface area (Å²) < 4.78 is 32.3. The van der Waals surface area contributed by atoms with Gasteiger partial charge in [-0.15, -0.1) is 0 Å². The van der Waals surface area contributed by atoms with E-state index in [2.05, 4.69) is 5.32 Å². The molecule has 0 saturated carbocycles. The highest BCUT2D eigenvalue weighted by atomic mass is 35.5. The molecule has 1 atom stereocenters. The van der Waals surface area contributed by atoms with Crippen LogP contribution in [0, 0.1) is 5.92 Å². The molecule has 6 nitrogen and oxygen atoms in total. The van der Waals surface area contributed by atoms with Gasteiger partial charge in [-0.1, -0.05) is 29.3 Å². The third-order valence-corrected chi connectivity index (χ3v) is 7.52. The number of hydrogen-bond donors (Lipinski definition) is 1. The lowest BCUT2D eigenvalue weighted by molar-refractivity contribution is -0.126. The molecule has 29 heavy (non-hydrogen) atoms. The fraction of sp³-hybridized carbons (Fsp3) is 0.450. The van der Waals surface area contributed by atoms with Crippen molar-refractivity contribution < 1.29 is 17.6 Å². The van der Waals surface area contributed by atoms with Crippen molar-refractivity contribution in [1.82, 2.24) is 9.62 Å². The monoisotopic (exact) mass is 458 g/mol. The van der Waals surface area contributed by atoms with Crippen molar-refractivity contribution in [1.29, 1.82) is 0 Å². The van der Waals surface area contributed by atoms with E-state index >= 15 is 0 Å². The number of piperidine rings is 1. The summed E-state index contributed by atoms with van der Waals surface area (Å²) in [5.41, 5.74) is 0.573. The number of aryl methyl sites for hydroxylation is 1. The fourth-order valence-electron chi connectivity index (χ4n) is 3.41. The molecule has 1 aromatic carbocycles. The van der Waals surface area contributed by atoms with Gasteiger partial charge in [-0.3, -0.25) is 4.79 Å². The number of amides is 1. The van der Waals surface area contributed by atoms with Crippen molar-refractivity contribution in [2.24, 2.45) is 5.92 Å². The van der Waals surface area contributed by atoms with Crippen molar-refractivity contribution in [3.8, 4) is 0 Å². The molecule has 1 unspecified atom stereocenters. The molecular weight excluding hydrogens is 435 g/mol. The molecule has 1 amide bonds. The van der Waals surface area contributed by atoms with E-state index in [1.165, 1.54) is 4.31 Å². The summed E-state index contributed by atoms with van der Waals surface area (Å²) in [7, 11) is -3.55. The molecule has 3 rings (SSSR count). The fourth-order valence-corrected chi connectivity index (χ4v) is 5.33. The van der Waals surface area contributed by atoms with Gasteiger partial charge in [0.05, 0.1) is 28.0 Å². The molecule has 1 saturated heterocycles. The maximum absolute atomic E-state index is 12.8. The molecular formula is C20H24Cl2N2O4S. The van der Waals surface area contributed by atoms with E-state index in [0.29, 0.717) is 41.5 Å². The smallest absolute Gasteiger partial charge is 0.224 e. The van der Waals surface area contributed by atoms with Crippen LogP contribution in [0.5, 0.6) is 0 Å². The second-order valence-corrected chi connectivity index (χ2v) is 9.96. The molecule has 0 radical (unpaired) electrons. The molecule has 2 aromatic rings. The molecule has 1 aliphatic heterocycles. The van der Waals surface area contributed by atoms with E-state index in [1.54, 1.807) is 24.5 Å². The summed E-state index contributed by atoms with van der Waals surface area (Å²) in [5, 5.41) is 3.62. The summed E-state index contributed by atoms with van der Waals surface area (Å²) in [6, 6.07) is 8.54. The van der Waals surface area contributed by atoms with Gasteiger partial charge < -0.3 is 9.73 Å². The summed E-state index contributed by atoms with van der Waals surface area (Å²) >= 11 is 11.9. The third kappa shape index (κ3) is 6.22. The van der Waals surface area contributed by atoms with Gasteiger partial charge in [-0.25, -0.2) is 12.7 Å². The van der Waals surface area contributed by atoms with Crippen LogP contribution in [0.4, 0.5) is 0 Å². The van der Waals surface area contributed by atoms with Gasteiger partial charge in [0.25, 0.3) is 0 Å². The van der Waals surface area contributed by atoms with Gasteiger partial charge in [0.1, 0.15) is 5.76 Å². The number of nitrogens with zero attached hydrogens (tertiary/aromatic N) is 1. The first-order valence-electron chi connectivity index (χ1n) is 9.57. The summed E-state index contributed by atoms with van der Waals surface area (Å²) in [5.74, 6) is 0.285. The van der Waals surface area contributed by atoms with Gasteiger partial charge in [-0.2, -0.15) is 0 Å². The van der Waals surface area contributed by atoms with Gasteiger partial charge >= 0.3 is 0 Å². The number of hydrogen-bond acceptors (Lipinski definition) is 4. The van der Waals surface area contributed by atoms with Crippen molar-refractivity contribution in [2.75, 3.05) is 19.6 Å². The first kappa shape index (κ1) is 22.2. The molecule has 0 spiro atoms. The number of carbonyl (C=O) groups is 1. The van der Waals surface area contributed by atoms with E-state index in [-0.39, 0.29) is 24.1 Å². The van der Waals surface area contributed by atoms with Crippen LogP contribution in [0.3, 0.4) is 0 Å². The lowest BCUT2D eigenvalue weighted by Crippen LogP contribution is -2.45. The van der Waals surface area contributed by atoms with E-state index in [9.17, 15) is 13.2 Å². The Bertz CT molecular complexity index is 932. The van der Waals surface area contributed by atoms with Gasteiger partial charge in [-0.05, 0) is 49.1 Å². The number of furan rings is 1. The first-order valence-corrected chi connectivity index (χ1v) is 11.9. The van der Waals surface area contributed by atoms with Crippen LogP contribution in [0.2, 0.25) is 10.0 Å². The Kier molecular flexibility index (Phi) is 7.62. The van der Waals surface area contributed by atoms with Crippen LogP contribution in [-0.2, 0) is 27.0 Å². The zero-order chi connectivity index (χ0) is 20.9. The van der Waals surface area contributed by atoms with E-state index in [1.807, 2.05) is 12.1 Å². The standard InChI is InChI=1S/C20H24Cl2N2O4S/c21-18-8-7-15(12-19(18)22)14-29(26,27)24-10-2-4-16(13-24)20(25)23-9-1-5-17-6-3-11-28-17/h3,6-8,11-12,16H,1-2,4-5,9-10,13-14H2,(H,23,25). The first-order chi connectivity index (χ1) is 13.8. The third-order valence-electron chi connectivity index (χ3n) is 4.96. The van der Waals surface area contributed by atoms with Crippen LogP contribution >= 0.6 is 23.2 Å². The predicted molar refractivity (Wildman–Crippen MR) is 113 cm³/mol. The molecule has 1 N–H and O–H groups in total. The van der Waals surface area contributed by atoms with Crippen molar-refractivity contribution in [2.45, 2.75) is 31.4 Å². The molecule has 158 valence electrons. The number of rotatable bonds is 8. The number of halogens is 2. The van der Waals surface area contributed by atoms with E-state index in [0.717, 1.165) is 18.6 Å². The molecule has 1 aliphatic rings.